The lowest BCUT2D eigenvalue weighted by atomic mass is 10.2. The second-order valence-corrected chi connectivity index (χ2v) is 8.29. The summed E-state index contributed by atoms with van der Waals surface area (Å²) in [5, 5.41) is 6.23. The van der Waals surface area contributed by atoms with E-state index in [1.165, 1.54) is 19.2 Å². The zero-order chi connectivity index (χ0) is 19.3. The van der Waals surface area contributed by atoms with E-state index in [-0.39, 0.29) is 22.4 Å². The fourth-order valence-electron chi connectivity index (χ4n) is 2.22. The zero-order valence-electron chi connectivity index (χ0n) is 14.9. The Labute approximate surface area is 159 Å². The fraction of sp³-hybridized carbons (Fsp3) is 0.278. The number of benzene rings is 2. The minimum absolute atomic E-state index is 0.0364. The molecule has 1 atom stereocenters. The Hall–Kier alpha value is -2.09. The largest absolute Gasteiger partial charge is 0.350 e. The summed E-state index contributed by atoms with van der Waals surface area (Å²) in [7, 11) is -0.570. The Morgan fingerprint density at radius 2 is 1.88 bits per heavy atom. The first kappa shape index (κ1) is 20.2. The van der Waals surface area contributed by atoms with Crippen LogP contribution in [0.25, 0.3) is 0 Å². The van der Waals surface area contributed by atoms with Crippen LogP contribution in [0.3, 0.4) is 0 Å². The van der Waals surface area contributed by atoms with Gasteiger partial charge in [-0.25, -0.2) is 8.42 Å². The molecule has 0 bridgehead atoms. The van der Waals surface area contributed by atoms with E-state index in [2.05, 4.69) is 10.6 Å². The number of likely N-dealkylation sites (N-methyl/N-ethyl adjacent to an activating group) is 1. The second-order valence-electron chi connectivity index (χ2n) is 5.88. The Morgan fingerprint density at radius 1 is 1.19 bits per heavy atom. The Kier molecular flexibility index (Phi) is 6.63. The lowest BCUT2D eigenvalue weighted by molar-refractivity contribution is 0.0950. The predicted octanol–water partition coefficient (Wildman–Crippen LogP) is 2.50. The van der Waals surface area contributed by atoms with Crippen LogP contribution in [0, 0.1) is 0 Å². The number of carbonyl (C=O) groups excluding carboxylic acids is 1. The molecule has 0 aliphatic heterocycles. The van der Waals surface area contributed by atoms with E-state index in [1.54, 1.807) is 43.4 Å². The Balaban J connectivity index is 2.26. The quantitative estimate of drug-likeness (QED) is 0.755. The molecule has 0 fully saturated rings. The average molecular weight is 396 g/mol. The van der Waals surface area contributed by atoms with Gasteiger partial charge < -0.3 is 10.6 Å². The lowest BCUT2D eigenvalue weighted by Crippen LogP contribution is -2.37. The van der Waals surface area contributed by atoms with Crippen LogP contribution in [0.4, 0.5) is 5.69 Å². The molecule has 0 aromatic heterocycles. The lowest BCUT2D eigenvalue weighted by Gasteiger charge is -2.20. The zero-order valence-corrected chi connectivity index (χ0v) is 16.4. The van der Waals surface area contributed by atoms with Crippen molar-refractivity contribution in [1.29, 1.82) is 0 Å². The van der Waals surface area contributed by atoms with E-state index in [1.807, 2.05) is 6.92 Å². The summed E-state index contributed by atoms with van der Waals surface area (Å²) in [5.74, 6) is -0.324. The van der Waals surface area contributed by atoms with E-state index >= 15 is 0 Å². The molecular weight excluding hydrogens is 374 g/mol. The molecule has 2 rings (SSSR count). The van der Waals surface area contributed by atoms with Gasteiger partial charge in [0.1, 0.15) is 0 Å². The van der Waals surface area contributed by atoms with Gasteiger partial charge in [-0.3, -0.25) is 9.10 Å². The van der Waals surface area contributed by atoms with Crippen LogP contribution in [0.15, 0.2) is 53.4 Å². The van der Waals surface area contributed by atoms with Gasteiger partial charge in [0.2, 0.25) is 0 Å². The van der Waals surface area contributed by atoms with Crippen LogP contribution in [0.2, 0.25) is 5.02 Å². The van der Waals surface area contributed by atoms with Crippen molar-refractivity contribution in [1.82, 2.24) is 10.6 Å². The van der Waals surface area contributed by atoms with Crippen LogP contribution < -0.4 is 14.9 Å². The molecule has 1 unspecified atom stereocenters. The molecule has 0 spiro atoms. The number of halogens is 1. The summed E-state index contributed by atoms with van der Waals surface area (Å²) in [4.78, 5) is 12.3. The van der Waals surface area contributed by atoms with Gasteiger partial charge >= 0.3 is 0 Å². The maximum absolute atomic E-state index is 12.9. The number of hydrogen-bond donors (Lipinski definition) is 2. The molecule has 1 amide bonds. The summed E-state index contributed by atoms with van der Waals surface area (Å²) in [6, 6.07) is 12.6. The molecule has 0 saturated heterocycles. The standard InChI is InChI=1S/C18H22ClN3O3S/c1-13(20-2)12-21-18(23)14-6-4-9-17(10-14)26(24,25)22(3)16-8-5-7-15(19)11-16/h4-11,13,20H,12H2,1-3H3,(H,21,23). The number of hydrogen-bond acceptors (Lipinski definition) is 4. The van der Waals surface area contributed by atoms with Gasteiger partial charge in [-0.2, -0.15) is 0 Å². The first-order chi connectivity index (χ1) is 12.3. The first-order valence-corrected chi connectivity index (χ1v) is 9.87. The van der Waals surface area contributed by atoms with Gasteiger partial charge in [0, 0.05) is 30.2 Å². The third kappa shape index (κ3) is 4.75. The average Bonchev–Trinajstić information content (AvgIpc) is 2.65. The van der Waals surface area contributed by atoms with Crippen molar-refractivity contribution in [3.8, 4) is 0 Å². The SMILES string of the molecule is CNC(C)CNC(=O)c1cccc(S(=O)(=O)N(C)c2cccc(Cl)c2)c1. The van der Waals surface area contributed by atoms with Crippen LogP contribution in [0.1, 0.15) is 17.3 Å². The van der Waals surface area contributed by atoms with Gasteiger partial charge in [-0.15, -0.1) is 0 Å². The first-order valence-electron chi connectivity index (χ1n) is 8.05. The molecular formula is C18H22ClN3O3S. The summed E-state index contributed by atoms with van der Waals surface area (Å²) in [5.41, 5.74) is 0.726. The molecule has 0 aliphatic rings. The third-order valence-electron chi connectivity index (χ3n) is 3.99. The van der Waals surface area contributed by atoms with Gasteiger partial charge in [0.05, 0.1) is 10.6 Å². The number of carbonyl (C=O) groups is 1. The van der Waals surface area contributed by atoms with E-state index in [4.69, 9.17) is 11.6 Å². The number of rotatable bonds is 7. The van der Waals surface area contributed by atoms with Crippen molar-refractivity contribution >= 4 is 33.2 Å². The molecule has 140 valence electrons. The van der Waals surface area contributed by atoms with Crippen molar-refractivity contribution in [2.24, 2.45) is 0 Å². The topological polar surface area (TPSA) is 78.5 Å². The van der Waals surface area contributed by atoms with E-state index < -0.39 is 10.0 Å². The van der Waals surface area contributed by atoms with Crippen molar-refractivity contribution in [3.05, 3.63) is 59.1 Å². The van der Waals surface area contributed by atoms with E-state index in [0.29, 0.717) is 17.3 Å². The molecule has 26 heavy (non-hydrogen) atoms. The molecule has 6 nitrogen and oxygen atoms in total. The van der Waals surface area contributed by atoms with Crippen molar-refractivity contribution in [2.45, 2.75) is 17.9 Å². The van der Waals surface area contributed by atoms with Crippen LogP contribution in [-0.4, -0.2) is 41.0 Å². The van der Waals surface area contributed by atoms with Gasteiger partial charge in [-0.1, -0.05) is 23.7 Å². The maximum atomic E-state index is 12.9. The van der Waals surface area contributed by atoms with Gasteiger partial charge in [0.15, 0.2) is 0 Å². The van der Waals surface area contributed by atoms with Crippen LogP contribution >= 0.6 is 11.6 Å². The summed E-state index contributed by atoms with van der Waals surface area (Å²) < 4.78 is 26.9. The minimum atomic E-state index is -3.82. The molecule has 0 heterocycles. The minimum Gasteiger partial charge on any atom is -0.350 e. The summed E-state index contributed by atoms with van der Waals surface area (Å²) in [6.45, 7) is 2.37. The molecule has 2 aromatic rings. The number of nitrogens with one attached hydrogen (secondary N) is 2. The third-order valence-corrected chi connectivity index (χ3v) is 6.00. The number of nitrogens with zero attached hydrogens (tertiary/aromatic N) is 1. The number of anilines is 1. The molecule has 0 radical (unpaired) electrons. The van der Waals surface area contributed by atoms with Crippen molar-refractivity contribution in [2.75, 3.05) is 24.9 Å². The van der Waals surface area contributed by atoms with Crippen LogP contribution in [-0.2, 0) is 10.0 Å². The number of amides is 1. The Bertz CT molecular complexity index is 887. The van der Waals surface area contributed by atoms with Crippen molar-refractivity contribution in [3.63, 3.8) is 0 Å². The van der Waals surface area contributed by atoms with Crippen LogP contribution in [0.5, 0.6) is 0 Å². The normalized spacial score (nSPS) is 12.5. The van der Waals surface area contributed by atoms with Crippen molar-refractivity contribution < 1.29 is 13.2 Å². The molecule has 2 N–H and O–H groups in total. The highest BCUT2D eigenvalue weighted by Gasteiger charge is 2.22. The summed E-state index contributed by atoms with van der Waals surface area (Å²) >= 11 is 5.94. The molecule has 0 saturated carbocycles. The molecule has 0 aliphatic carbocycles. The highest BCUT2D eigenvalue weighted by Crippen LogP contribution is 2.25. The smallest absolute Gasteiger partial charge is 0.264 e. The Morgan fingerprint density at radius 3 is 2.54 bits per heavy atom. The highest BCUT2D eigenvalue weighted by molar-refractivity contribution is 7.92. The van der Waals surface area contributed by atoms with E-state index in [0.717, 1.165) is 4.31 Å². The fourth-order valence-corrected chi connectivity index (χ4v) is 3.63. The molecule has 2 aromatic carbocycles. The van der Waals surface area contributed by atoms with E-state index in [9.17, 15) is 13.2 Å². The monoisotopic (exact) mass is 395 g/mol. The maximum Gasteiger partial charge on any atom is 0.264 e. The summed E-state index contributed by atoms with van der Waals surface area (Å²) in [6.07, 6.45) is 0. The highest BCUT2D eigenvalue weighted by atomic mass is 35.5. The van der Waals surface area contributed by atoms with Gasteiger partial charge in [-0.05, 0) is 50.4 Å². The second kappa shape index (κ2) is 8.53. The molecule has 8 heteroatoms. The van der Waals surface area contributed by atoms with Gasteiger partial charge in [0.25, 0.3) is 15.9 Å². The predicted molar refractivity (Wildman–Crippen MR) is 104 cm³/mol. The number of sulfonamides is 1.